The van der Waals surface area contributed by atoms with Gasteiger partial charge < -0.3 is 15.1 Å². The third kappa shape index (κ3) is 5.47. The number of hydrogen-bond acceptors (Lipinski definition) is 6. The third-order valence-corrected chi connectivity index (χ3v) is 5.75. The van der Waals surface area contributed by atoms with Crippen molar-refractivity contribution in [2.75, 3.05) is 57.3 Å². The Bertz CT molecular complexity index is 771. The predicted molar refractivity (Wildman–Crippen MR) is 115 cm³/mol. The highest BCUT2D eigenvalue weighted by molar-refractivity contribution is 5.96. The van der Waals surface area contributed by atoms with Crippen LogP contribution in [0.5, 0.6) is 0 Å². The van der Waals surface area contributed by atoms with Crippen LogP contribution in [0.1, 0.15) is 43.0 Å². The van der Waals surface area contributed by atoms with E-state index in [2.05, 4.69) is 12.2 Å². The Balaban J connectivity index is 1.57. The summed E-state index contributed by atoms with van der Waals surface area (Å²) in [6.07, 6.45) is 4.06. The number of nitrogens with zero attached hydrogens (tertiary/aromatic N) is 4. The van der Waals surface area contributed by atoms with Crippen LogP contribution in [0.2, 0.25) is 0 Å². The van der Waals surface area contributed by atoms with Crippen LogP contribution in [-0.2, 0) is 4.79 Å². The molecule has 2 fully saturated rings. The molecular formula is C21H31N5O4. The molecular weight excluding hydrogens is 386 g/mol. The molecule has 2 aliphatic heterocycles. The standard InChI is InChI=1S/C21H31N5O4/c1-2-3-8-22-20(27)16-23-11-13-25(14-12-23)21(28)17-6-7-18(19(15-17)26(29)30)24-9-4-5-10-24/h6-7,15H,2-5,8-14,16H2,1H3,(H,22,27). The van der Waals surface area contributed by atoms with E-state index in [9.17, 15) is 19.7 Å². The summed E-state index contributed by atoms with van der Waals surface area (Å²) in [5, 5.41) is 14.5. The number of piperazine rings is 1. The lowest BCUT2D eigenvalue weighted by molar-refractivity contribution is -0.384. The van der Waals surface area contributed by atoms with Crippen LogP contribution in [0.15, 0.2) is 18.2 Å². The molecule has 9 heteroatoms. The molecule has 0 radical (unpaired) electrons. The van der Waals surface area contributed by atoms with Gasteiger partial charge in [-0.3, -0.25) is 24.6 Å². The Morgan fingerprint density at radius 1 is 1.10 bits per heavy atom. The van der Waals surface area contributed by atoms with Gasteiger partial charge in [0.05, 0.1) is 11.5 Å². The summed E-state index contributed by atoms with van der Waals surface area (Å²) in [6, 6.07) is 4.80. The third-order valence-electron chi connectivity index (χ3n) is 5.75. The van der Waals surface area contributed by atoms with Crippen molar-refractivity contribution in [3.05, 3.63) is 33.9 Å². The van der Waals surface area contributed by atoms with E-state index in [4.69, 9.17) is 0 Å². The van der Waals surface area contributed by atoms with Crippen molar-refractivity contribution in [1.29, 1.82) is 0 Å². The highest BCUT2D eigenvalue weighted by Gasteiger charge is 2.27. The van der Waals surface area contributed by atoms with Gasteiger partial charge in [0.2, 0.25) is 5.91 Å². The second-order valence-electron chi connectivity index (χ2n) is 7.93. The summed E-state index contributed by atoms with van der Waals surface area (Å²) in [5.74, 6) is -0.186. The van der Waals surface area contributed by atoms with Crippen LogP contribution >= 0.6 is 0 Å². The maximum absolute atomic E-state index is 12.9. The van der Waals surface area contributed by atoms with Gasteiger partial charge in [0, 0.05) is 57.4 Å². The zero-order chi connectivity index (χ0) is 21.5. The van der Waals surface area contributed by atoms with E-state index in [0.29, 0.717) is 50.5 Å². The molecule has 2 heterocycles. The zero-order valence-corrected chi connectivity index (χ0v) is 17.6. The minimum absolute atomic E-state index is 0.00913. The first kappa shape index (κ1) is 22.0. The minimum atomic E-state index is -0.403. The van der Waals surface area contributed by atoms with Crippen LogP contribution < -0.4 is 10.2 Å². The molecule has 1 aromatic rings. The maximum atomic E-state index is 12.9. The molecule has 0 saturated carbocycles. The van der Waals surface area contributed by atoms with E-state index in [-0.39, 0.29) is 17.5 Å². The number of carbonyl (C=O) groups is 2. The van der Waals surface area contributed by atoms with Crippen molar-refractivity contribution in [2.24, 2.45) is 0 Å². The highest BCUT2D eigenvalue weighted by atomic mass is 16.6. The van der Waals surface area contributed by atoms with Crippen molar-refractivity contribution >= 4 is 23.2 Å². The fraction of sp³-hybridized carbons (Fsp3) is 0.619. The predicted octanol–water partition coefficient (Wildman–Crippen LogP) is 1.87. The van der Waals surface area contributed by atoms with Gasteiger partial charge in [0.25, 0.3) is 11.6 Å². The molecule has 1 aromatic carbocycles. The average molecular weight is 418 g/mol. The van der Waals surface area contributed by atoms with Crippen molar-refractivity contribution < 1.29 is 14.5 Å². The van der Waals surface area contributed by atoms with Crippen LogP contribution in [0.25, 0.3) is 0 Å². The molecule has 0 atom stereocenters. The fourth-order valence-electron chi connectivity index (χ4n) is 3.98. The Morgan fingerprint density at radius 2 is 1.80 bits per heavy atom. The number of nitro benzene ring substituents is 1. The highest BCUT2D eigenvalue weighted by Crippen LogP contribution is 2.32. The molecule has 9 nitrogen and oxygen atoms in total. The molecule has 0 bridgehead atoms. The van der Waals surface area contributed by atoms with Gasteiger partial charge in [-0.15, -0.1) is 0 Å². The first-order chi connectivity index (χ1) is 14.5. The molecule has 1 N–H and O–H groups in total. The van der Waals surface area contributed by atoms with Gasteiger partial charge in [-0.1, -0.05) is 13.3 Å². The van der Waals surface area contributed by atoms with E-state index in [1.807, 2.05) is 9.80 Å². The minimum Gasteiger partial charge on any atom is -0.366 e. The van der Waals surface area contributed by atoms with Gasteiger partial charge in [-0.05, 0) is 31.4 Å². The molecule has 2 amide bonds. The molecule has 2 saturated heterocycles. The van der Waals surface area contributed by atoms with E-state index in [1.54, 1.807) is 17.0 Å². The van der Waals surface area contributed by atoms with Gasteiger partial charge in [0.1, 0.15) is 5.69 Å². The zero-order valence-electron chi connectivity index (χ0n) is 17.6. The summed E-state index contributed by atoms with van der Waals surface area (Å²) in [6.45, 7) is 6.95. The Morgan fingerprint density at radius 3 is 2.43 bits per heavy atom. The Labute approximate surface area is 177 Å². The van der Waals surface area contributed by atoms with Crippen molar-refractivity contribution in [3.63, 3.8) is 0 Å². The van der Waals surface area contributed by atoms with Crippen LogP contribution in [0.3, 0.4) is 0 Å². The summed E-state index contributed by atoms with van der Waals surface area (Å²) < 4.78 is 0. The number of amides is 2. The number of nitro groups is 1. The number of carbonyl (C=O) groups excluding carboxylic acids is 2. The molecule has 2 aliphatic rings. The van der Waals surface area contributed by atoms with Crippen molar-refractivity contribution in [2.45, 2.75) is 32.6 Å². The second kappa shape index (κ2) is 10.4. The number of hydrogen-bond donors (Lipinski definition) is 1. The van der Waals surface area contributed by atoms with Crippen LogP contribution in [0, 0.1) is 10.1 Å². The summed E-state index contributed by atoms with van der Waals surface area (Å²) >= 11 is 0. The molecule has 164 valence electrons. The second-order valence-corrected chi connectivity index (χ2v) is 7.93. The smallest absolute Gasteiger partial charge is 0.293 e. The van der Waals surface area contributed by atoms with Crippen LogP contribution in [-0.4, -0.2) is 78.9 Å². The largest absolute Gasteiger partial charge is 0.366 e. The Kier molecular flexibility index (Phi) is 7.62. The van der Waals surface area contributed by atoms with Gasteiger partial charge >= 0.3 is 0 Å². The normalized spacial score (nSPS) is 17.2. The number of nitrogens with one attached hydrogen (secondary N) is 1. The number of anilines is 1. The molecule has 0 aliphatic carbocycles. The summed E-state index contributed by atoms with van der Waals surface area (Å²) in [7, 11) is 0. The van der Waals surface area contributed by atoms with Crippen molar-refractivity contribution in [1.82, 2.24) is 15.1 Å². The summed E-state index contributed by atoms with van der Waals surface area (Å²) in [4.78, 5) is 41.8. The first-order valence-electron chi connectivity index (χ1n) is 10.8. The van der Waals surface area contributed by atoms with E-state index >= 15 is 0 Å². The number of benzene rings is 1. The van der Waals surface area contributed by atoms with E-state index in [1.165, 1.54) is 6.07 Å². The van der Waals surface area contributed by atoms with E-state index < -0.39 is 4.92 Å². The molecule has 3 rings (SSSR count). The monoisotopic (exact) mass is 417 g/mol. The maximum Gasteiger partial charge on any atom is 0.293 e. The van der Waals surface area contributed by atoms with Gasteiger partial charge in [-0.25, -0.2) is 0 Å². The summed E-state index contributed by atoms with van der Waals surface area (Å²) in [5.41, 5.74) is 0.925. The Hall–Kier alpha value is -2.68. The molecule has 0 unspecified atom stereocenters. The quantitative estimate of drug-likeness (QED) is 0.394. The number of rotatable bonds is 8. The van der Waals surface area contributed by atoms with Crippen LogP contribution in [0.4, 0.5) is 11.4 Å². The van der Waals surface area contributed by atoms with Crippen molar-refractivity contribution in [3.8, 4) is 0 Å². The molecule has 30 heavy (non-hydrogen) atoms. The topological polar surface area (TPSA) is 99.0 Å². The molecule has 0 aromatic heterocycles. The first-order valence-corrected chi connectivity index (χ1v) is 10.8. The van der Waals surface area contributed by atoms with Gasteiger partial charge in [0.15, 0.2) is 0 Å². The average Bonchev–Trinajstić information content (AvgIpc) is 3.28. The lowest BCUT2D eigenvalue weighted by atomic mass is 10.1. The lowest BCUT2D eigenvalue weighted by Crippen LogP contribution is -2.51. The van der Waals surface area contributed by atoms with Gasteiger partial charge in [-0.2, -0.15) is 0 Å². The van der Waals surface area contributed by atoms with E-state index in [0.717, 1.165) is 38.8 Å². The SMILES string of the molecule is CCCCNC(=O)CN1CCN(C(=O)c2ccc(N3CCCC3)c([N+](=O)[O-])c2)CC1. The molecule has 0 spiro atoms. The number of unbranched alkanes of at least 4 members (excludes halogenated alkanes) is 1. The fourth-order valence-corrected chi connectivity index (χ4v) is 3.98. The lowest BCUT2D eigenvalue weighted by Gasteiger charge is -2.34.